The Bertz CT molecular complexity index is 1100. The molecule has 1 aromatic carbocycles. The standard InChI is InChI=1S/C26H34F3N5O6/c1-15(2)19(32-25(38)39-13-17-9-6-5-7-10-17)22(36)33-12-8-11-18(33)21(35)31-20(16(3)4)23(37)34-14-30-24(40-34)26(27,28)29/h5-7,9-10,14-16,18-20,24H,8,11-13H2,1-4H3,(H,31,35)(H,32,38)/t18-,19-,20?,24?/m0/s1. The molecule has 2 heterocycles. The summed E-state index contributed by atoms with van der Waals surface area (Å²) in [4.78, 5) is 61.2. The summed E-state index contributed by atoms with van der Waals surface area (Å²) >= 11 is 0. The van der Waals surface area contributed by atoms with Crippen molar-refractivity contribution in [2.24, 2.45) is 16.8 Å². The first-order valence-electron chi connectivity index (χ1n) is 13.0. The molecular weight excluding hydrogens is 535 g/mol. The Hall–Kier alpha value is -3.68. The van der Waals surface area contributed by atoms with Crippen molar-refractivity contribution in [1.82, 2.24) is 20.6 Å². The van der Waals surface area contributed by atoms with E-state index < -0.39 is 60.3 Å². The molecule has 2 unspecified atom stereocenters. The largest absolute Gasteiger partial charge is 0.445 e. The van der Waals surface area contributed by atoms with Gasteiger partial charge in [0.15, 0.2) is 0 Å². The van der Waals surface area contributed by atoms with Crippen molar-refractivity contribution in [1.29, 1.82) is 0 Å². The van der Waals surface area contributed by atoms with Crippen LogP contribution in [0.3, 0.4) is 0 Å². The Morgan fingerprint density at radius 1 is 1.02 bits per heavy atom. The molecule has 4 atom stereocenters. The highest BCUT2D eigenvalue weighted by atomic mass is 19.4. The van der Waals surface area contributed by atoms with Gasteiger partial charge in [-0.15, -0.1) is 0 Å². The number of alkyl halides is 3. The van der Waals surface area contributed by atoms with E-state index in [-0.39, 0.29) is 19.1 Å². The van der Waals surface area contributed by atoms with Crippen LogP contribution in [0.5, 0.6) is 0 Å². The number of carbonyl (C=O) groups is 4. The van der Waals surface area contributed by atoms with Crippen molar-refractivity contribution in [2.45, 2.75) is 77.7 Å². The first-order valence-corrected chi connectivity index (χ1v) is 13.0. The van der Waals surface area contributed by atoms with Crippen LogP contribution in [0.4, 0.5) is 18.0 Å². The van der Waals surface area contributed by atoms with Crippen LogP contribution < -0.4 is 10.6 Å². The summed E-state index contributed by atoms with van der Waals surface area (Å²) in [6.45, 7) is 6.95. The first-order chi connectivity index (χ1) is 18.8. The quantitative estimate of drug-likeness (QED) is 0.471. The van der Waals surface area contributed by atoms with Crippen LogP contribution in [-0.4, -0.2) is 77.2 Å². The number of aliphatic imine (C=N–C) groups is 1. The number of amides is 4. The van der Waals surface area contributed by atoms with E-state index in [4.69, 9.17) is 4.74 Å². The molecule has 0 aromatic heterocycles. The van der Waals surface area contributed by atoms with Crippen molar-refractivity contribution < 1.29 is 41.9 Å². The van der Waals surface area contributed by atoms with Gasteiger partial charge in [-0.05, 0) is 30.2 Å². The third-order valence-corrected chi connectivity index (χ3v) is 6.51. The second-order valence-electron chi connectivity index (χ2n) is 10.3. The molecule has 1 fully saturated rings. The number of nitrogens with zero attached hydrogens (tertiary/aromatic N) is 3. The van der Waals surface area contributed by atoms with Crippen LogP contribution in [0.15, 0.2) is 35.3 Å². The summed E-state index contributed by atoms with van der Waals surface area (Å²) < 4.78 is 43.9. The molecule has 2 aliphatic rings. The fraction of sp³-hybridized carbons (Fsp3) is 0.577. The number of hydroxylamine groups is 2. The predicted molar refractivity (Wildman–Crippen MR) is 136 cm³/mol. The Labute approximate surface area is 230 Å². The maximum atomic E-state index is 13.5. The summed E-state index contributed by atoms with van der Waals surface area (Å²) in [6.07, 6.45) is -6.67. The number of alkyl carbamates (subject to hydrolysis) is 1. The molecule has 0 bridgehead atoms. The molecule has 3 rings (SSSR count). The van der Waals surface area contributed by atoms with Crippen LogP contribution in [-0.2, 0) is 30.6 Å². The lowest BCUT2D eigenvalue weighted by Gasteiger charge is -2.32. The van der Waals surface area contributed by atoms with Crippen molar-refractivity contribution in [3.63, 3.8) is 0 Å². The molecule has 1 saturated heterocycles. The topological polar surface area (TPSA) is 130 Å². The molecular formula is C26H34F3N5O6. The SMILES string of the molecule is CC(C)C(NC(=O)[C@@H]1CCCN1C(=O)[C@@H](NC(=O)OCc1ccccc1)C(C)C)C(=O)N1C=NC(C(F)(F)F)O1. The van der Waals surface area contributed by atoms with Crippen molar-refractivity contribution in [3.8, 4) is 0 Å². The molecule has 2 N–H and O–H groups in total. The molecule has 0 saturated carbocycles. The van der Waals surface area contributed by atoms with Gasteiger partial charge >= 0.3 is 12.3 Å². The third-order valence-electron chi connectivity index (χ3n) is 6.51. The van der Waals surface area contributed by atoms with Gasteiger partial charge in [0.1, 0.15) is 31.1 Å². The molecule has 0 aliphatic carbocycles. The average molecular weight is 570 g/mol. The number of carbonyl (C=O) groups excluding carboxylic acids is 4. The normalized spacial score (nSPS) is 20.5. The monoisotopic (exact) mass is 569 g/mol. The predicted octanol–water partition coefficient (Wildman–Crippen LogP) is 2.76. The third kappa shape index (κ3) is 7.71. The second-order valence-corrected chi connectivity index (χ2v) is 10.3. The number of ether oxygens (including phenoxy) is 1. The summed E-state index contributed by atoms with van der Waals surface area (Å²) in [5, 5.41) is 5.51. The van der Waals surface area contributed by atoms with Crippen molar-refractivity contribution >= 4 is 30.2 Å². The molecule has 1 aromatic rings. The van der Waals surface area contributed by atoms with E-state index in [1.807, 2.05) is 6.07 Å². The van der Waals surface area contributed by atoms with Crippen LogP contribution in [0.1, 0.15) is 46.1 Å². The summed E-state index contributed by atoms with van der Waals surface area (Å²) in [7, 11) is 0. The molecule has 14 heteroatoms. The summed E-state index contributed by atoms with van der Waals surface area (Å²) in [5.41, 5.74) is 0.773. The Morgan fingerprint density at radius 2 is 1.65 bits per heavy atom. The number of hydrogen-bond acceptors (Lipinski definition) is 7. The average Bonchev–Trinajstić information content (AvgIpc) is 3.59. The van der Waals surface area contributed by atoms with Crippen LogP contribution in [0.2, 0.25) is 0 Å². The molecule has 4 amide bonds. The zero-order valence-electron chi connectivity index (χ0n) is 22.7. The maximum Gasteiger partial charge on any atom is 0.437 e. The van der Waals surface area contributed by atoms with Crippen molar-refractivity contribution in [2.75, 3.05) is 6.54 Å². The molecule has 2 aliphatic heterocycles. The highest BCUT2D eigenvalue weighted by Crippen LogP contribution is 2.28. The van der Waals surface area contributed by atoms with Gasteiger partial charge in [0, 0.05) is 6.54 Å². The highest BCUT2D eigenvalue weighted by molar-refractivity contribution is 5.96. The van der Waals surface area contributed by atoms with Gasteiger partial charge in [0.25, 0.3) is 12.1 Å². The minimum Gasteiger partial charge on any atom is -0.445 e. The summed E-state index contributed by atoms with van der Waals surface area (Å²) in [6, 6.07) is 5.85. The van der Waals surface area contributed by atoms with Gasteiger partial charge < -0.3 is 20.3 Å². The highest BCUT2D eigenvalue weighted by Gasteiger charge is 2.47. The number of likely N-dealkylation sites (tertiary alicyclic amines) is 1. The minimum atomic E-state index is -4.80. The zero-order chi connectivity index (χ0) is 29.6. The second kappa shape index (κ2) is 13.1. The Balaban J connectivity index is 1.64. The smallest absolute Gasteiger partial charge is 0.437 e. The number of hydrogen-bond donors (Lipinski definition) is 2. The van der Waals surface area contributed by atoms with E-state index in [2.05, 4.69) is 20.5 Å². The van der Waals surface area contributed by atoms with Gasteiger partial charge in [-0.3, -0.25) is 14.4 Å². The number of nitrogens with one attached hydrogen (secondary N) is 2. The van der Waals surface area contributed by atoms with Gasteiger partial charge in [-0.1, -0.05) is 58.0 Å². The lowest BCUT2D eigenvalue weighted by molar-refractivity contribution is -0.257. The molecule has 0 spiro atoms. The number of rotatable bonds is 9. The van der Waals surface area contributed by atoms with E-state index in [1.165, 1.54) is 4.90 Å². The fourth-order valence-corrected chi connectivity index (χ4v) is 4.32. The van der Waals surface area contributed by atoms with Gasteiger partial charge in [0.05, 0.1) is 0 Å². The molecule has 40 heavy (non-hydrogen) atoms. The van der Waals surface area contributed by atoms with E-state index in [9.17, 15) is 32.3 Å². The minimum absolute atomic E-state index is 0.0141. The fourth-order valence-electron chi connectivity index (χ4n) is 4.32. The van der Waals surface area contributed by atoms with Gasteiger partial charge in [-0.2, -0.15) is 18.2 Å². The maximum absolute atomic E-state index is 13.5. The number of halogens is 3. The van der Waals surface area contributed by atoms with E-state index in [1.54, 1.807) is 52.0 Å². The lowest BCUT2D eigenvalue weighted by Crippen LogP contribution is -2.58. The first kappa shape index (κ1) is 30.9. The zero-order valence-corrected chi connectivity index (χ0v) is 22.7. The lowest BCUT2D eigenvalue weighted by atomic mass is 10.0. The Kier molecular flexibility index (Phi) is 10.1. The Morgan fingerprint density at radius 3 is 2.23 bits per heavy atom. The van der Waals surface area contributed by atoms with Crippen molar-refractivity contribution in [3.05, 3.63) is 35.9 Å². The van der Waals surface area contributed by atoms with Crippen LogP contribution in [0, 0.1) is 11.8 Å². The van der Waals surface area contributed by atoms with E-state index in [0.29, 0.717) is 24.2 Å². The number of benzene rings is 1. The van der Waals surface area contributed by atoms with Crippen LogP contribution >= 0.6 is 0 Å². The van der Waals surface area contributed by atoms with E-state index in [0.717, 1.165) is 5.56 Å². The van der Waals surface area contributed by atoms with Gasteiger partial charge in [0.2, 0.25) is 11.8 Å². The van der Waals surface area contributed by atoms with Crippen LogP contribution in [0.25, 0.3) is 0 Å². The molecule has 11 nitrogen and oxygen atoms in total. The van der Waals surface area contributed by atoms with E-state index >= 15 is 0 Å². The van der Waals surface area contributed by atoms with Gasteiger partial charge in [-0.25, -0.2) is 14.6 Å². The molecule has 0 radical (unpaired) electrons. The summed E-state index contributed by atoms with van der Waals surface area (Å²) in [5.74, 6) is -2.92. The molecule has 220 valence electrons.